The van der Waals surface area contributed by atoms with E-state index in [2.05, 4.69) is 15.4 Å². The molecule has 0 radical (unpaired) electrons. The first-order valence-electron chi connectivity index (χ1n) is 8.91. The van der Waals surface area contributed by atoms with E-state index in [0.29, 0.717) is 31.7 Å². The normalized spacial score (nSPS) is 11.0. The van der Waals surface area contributed by atoms with Crippen LogP contribution in [0.4, 0.5) is 4.39 Å². The van der Waals surface area contributed by atoms with Crippen LogP contribution < -0.4 is 10.1 Å². The van der Waals surface area contributed by atoms with E-state index in [1.807, 2.05) is 31.4 Å². The van der Waals surface area contributed by atoms with Crippen LogP contribution in [-0.4, -0.2) is 33.7 Å². The van der Waals surface area contributed by atoms with Crippen LogP contribution in [-0.2, 0) is 11.2 Å². The third kappa shape index (κ3) is 4.61. The number of aryl methyl sites for hydroxylation is 3. The van der Waals surface area contributed by atoms with Crippen molar-refractivity contribution < 1.29 is 13.9 Å². The molecule has 0 bridgehead atoms. The molecule has 2 aromatic heterocycles. The van der Waals surface area contributed by atoms with Crippen LogP contribution in [0.25, 0.3) is 5.65 Å². The van der Waals surface area contributed by atoms with Crippen molar-refractivity contribution >= 4 is 11.6 Å². The van der Waals surface area contributed by atoms with Gasteiger partial charge in [0.25, 0.3) is 0 Å². The average molecular weight is 370 g/mol. The molecule has 0 atom stereocenters. The third-order valence-electron chi connectivity index (χ3n) is 4.39. The number of nitrogens with zero attached hydrogens (tertiary/aromatic N) is 3. The Morgan fingerprint density at radius 1 is 1.22 bits per heavy atom. The Bertz CT molecular complexity index is 951. The molecule has 0 aliphatic carbocycles. The predicted molar refractivity (Wildman–Crippen MR) is 100 cm³/mol. The van der Waals surface area contributed by atoms with E-state index >= 15 is 0 Å². The minimum absolute atomic E-state index is 0.0479. The molecule has 1 amide bonds. The standard InChI is InChI=1S/C20H23FN4O2/c1-13-12-19-23-14(2)18(15(3)25(19)24-13)8-9-20(26)22-10-11-27-17-6-4-16(21)5-7-17/h4-7,12H,8-11H2,1-3H3,(H,22,26). The lowest BCUT2D eigenvalue weighted by molar-refractivity contribution is -0.121. The van der Waals surface area contributed by atoms with Crippen LogP contribution in [0.15, 0.2) is 30.3 Å². The first-order valence-corrected chi connectivity index (χ1v) is 8.91. The molecule has 0 fully saturated rings. The maximum Gasteiger partial charge on any atom is 0.220 e. The van der Waals surface area contributed by atoms with Crippen molar-refractivity contribution in [3.8, 4) is 5.75 Å². The molecule has 0 aliphatic rings. The zero-order valence-corrected chi connectivity index (χ0v) is 15.8. The Balaban J connectivity index is 1.49. The van der Waals surface area contributed by atoms with E-state index in [4.69, 9.17) is 4.74 Å². The predicted octanol–water partition coefficient (Wildman–Crippen LogP) is 2.92. The van der Waals surface area contributed by atoms with E-state index in [0.717, 1.165) is 28.3 Å². The summed E-state index contributed by atoms with van der Waals surface area (Å²) >= 11 is 0. The van der Waals surface area contributed by atoms with Crippen LogP contribution in [0.3, 0.4) is 0 Å². The molecule has 3 aromatic rings. The van der Waals surface area contributed by atoms with Crippen molar-refractivity contribution in [3.63, 3.8) is 0 Å². The third-order valence-corrected chi connectivity index (χ3v) is 4.39. The molecule has 7 heteroatoms. The van der Waals surface area contributed by atoms with Crippen molar-refractivity contribution in [2.75, 3.05) is 13.2 Å². The van der Waals surface area contributed by atoms with Crippen LogP contribution in [0.1, 0.15) is 29.1 Å². The van der Waals surface area contributed by atoms with Gasteiger partial charge in [-0.25, -0.2) is 13.9 Å². The Labute approximate surface area is 157 Å². The molecule has 1 aromatic carbocycles. The van der Waals surface area contributed by atoms with Gasteiger partial charge in [-0.3, -0.25) is 4.79 Å². The van der Waals surface area contributed by atoms with Gasteiger partial charge in [-0.05, 0) is 57.0 Å². The van der Waals surface area contributed by atoms with Crippen molar-refractivity contribution in [2.45, 2.75) is 33.6 Å². The summed E-state index contributed by atoms with van der Waals surface area (Å²) in [5, 5.41) is 7.28. The smallest absolute Gasteiger partial charge is 0.220 e. The van der Waals surface area contributed by atoms with Gasteiger partial charge in [-0.2, -0.15) is 5.10 Å². The van der Waals surface area contributed by atoms with Crippen molar-refractivity contribution in [3.05, 3.63) is 58.8 Å². The van der Waals surface area contributed by atoms with Gasteiger partial charge in [0.05, 0.1) is 12.2 Å². The highest BCUT2D eigenvalue weighted by Crippen LogP contribution is 2.17. The molecule has 6 nitrogen and oxygen atoms in total. The lowest BCUT2D eigenvalue weighted by Crippen LogP contribution is -2.28. The Morgan fingerprint density at radius 3 is 2.70 bits per heavy atom. The van der Waals surface area contributed by atoms with Gasteiger partial charge in [0.2, 0.25) is 5.91 Å². The highest BCUT2D eigenvalue weighted by Gasteiger charge is 2.12. The number of rotatable bonds is 7. The Hall–Kier alpha value is -2.96. The van der Waals surface area contributed by atoms with E-state index in [1.165, 1.54) is 12.1 Å². The number of hydrogen-bond donors (Lipinski definition) is 1. The summed E-state index contributed by atoms with van der Waals surface area (Å²) in [6.45, 7) is 6.61. The molecule has 142 valence electrons. The first-order chi connectivity index (χ1) is 12.9. The Morgan fingerprint density at radius 2 is 1.96 bits per heavy atom. The van der Waals surface area contributed by atoms with Crippen LogP contribution in [0.5, 0.6) is 5.75 Å². The maximum atomic E-state index is 12.8. The maximum absolute atomic E-state index is 12.8. The van der Waals surface area contributed by atoms with E-state index in [9.17, 15) is 9.18 Å². The second kappa shape index (κ2) is 8.16. The molecule has 0 unspecified atom stereocenters. The minimum Gasteiger partial charge on any atom is -0.492 e. The van der Waals surface area contributed by atoms with Gasteiger partial charge in [0.15, 0.2) is 5.65 Å². The first kappa shape index (κ1) is 18.8. The highest BCUT2D eigenvalue weighted by molar-refractivity contribution is 5.76. The fourth-order valence-electron chi connectivity index (χ4n) is 3.02. The fourth-order valence-corrected chi connectivity index (χ4v) is 3.02. The number of aromatic nitrogens is 3. The molecule has 1 N–H and O–H groups in total. The van der Waals surface area contributed by atoms with Crippen molar-refractivity contribution in [1.29, 1.82) is 0 Å². The Kier molecular flexibility index (Phi) is 5.69. The number of benzene rings is 1. The molecule has 3 rings (SSSR count). The highest BCUT2D eigenvalue weighted by atomic mass is 19.1. The van der Waals surface area contributed by atoms with Crippen LogP contribution >= 0.6 is 0 Å². The SMILES string of the molecule is Cc1cc2nc(C)c(CCC(=O)NCCOc3ccc(F)cc3)c(C)n2n1. The van der Waals surface area contributed by atoms with Gasteiger partial charge in [-0.1, -0.05) is 0 Å². The van der Waals surface area contributed by atoms with Gasteiger partial charge in [0, 0.05) is 23.9 Å². The quantitative estimate of drug-likeness (QED) is 0.650. The molecule has 27 heavy (non-hydrogen) atoms. The summed E-state index contributed by atoms with van der Waals surface area (Å²) in [4.78, 5) is 16.7. The zero-order chi connectivity index (χ0) is 19.4. The number of nitrogens with one attached hydrogen (secondary N) is 1. The van der Waals surface area contributed by atoms with Crippen molar-refractivity contribution in [1.82, 2.24) is 19.9 Å². The van der Waals surface area contributed by atoms with Crippen LogP contribution in [0, 0.1) is 26.6 Å². The second-order valence-electron chi connectivity index (χ2n) is 6.47. The molecule has 0 saturated heterocycles. The van der Waals surface area contributed by atoms with E-state index < -0.39 is 0 Å². The number of fused-ring (bicyclic) bond motifs is 1. The number of carbonyl (C=O) groups excluding carboxylic acids is 1. The van der Waals surface area contributed by atoms with E-state index in [1.54, 1.807) is 12.1 Å². The number of amides is 1. The van der Waals surface area contributed by atoms with E-state index in [-0.39, 0.29) is 11.7 Å². The second-order valence-corrected chi connectivity index (χ2v) is 6.47. The topological polar surface area (TPSA) is 68.5 Å². The summed E-state index contributed by atoms with van der Waals surface area (Å²) in [7, 11) is 0. The molecular formula is C20H23FN4O2. The van der Waals surface area contributed by atoms with Crippen molar-refractivity contribution in [2.24, 2.45) is 0 Å². The van der Waals surface area contributed by atoms with Gasteiger partial charge >= 0.3 is 0 Å². The minimum atomic E-state index is -0.306. The lowest BCUT2D eigenvalue weighted by atomic mass is 10.1. The monoisotopic (exact) mass is 370 g/mol. The molecule has 0 aliphatic heterocycles. The average Bonchev–Trinajstić information content (AvgIpc) is 3.00. The number of ether oxygens (including phenoxy) is 1. The summed E-state index contributed by atoms with van der Waals surface area (Å²) in [6, 6.07) is 7.73. The largest absolute Gasteiger partial charge is 0.492 e. The van der Waals surface area contributed by atoms with Gasteiger partial charge in [0.1, 0.15) is 18.2 Å². The van der Waals surface area contributed by atoms with Gasteiger partial charge < -0.3 is 10.1 Å². The molecule has 0 spiro atoms. The molecule has 2 heterocycles. The van der Waals surface area contributed by atoms with Crippen LogP contribution in [0.2, 0.25) is 0 Å². The lowest BCUT2D eigenvalue weighted by Gasteiger charge is -2.11. The fraction of sp³-hybridized carbons (Fsp3) is 0.350. The molecule has 0 saturated carbocycles. The zero-order valence-electron chi connectivity index (χ0n) is 15.8. The summed E-state index contributed by atoms with van der Waals surface area (Å²) in [5.41, 5.74) is 4.73. The molecular weight excluding hydrogens is 347 g/mol. The summed E-state index contributed by atoms with van der Waals surface area (Å²) in [5.74, 6) is 0.221. The number of carbonyl (C=O) groups is 1. The summed E-state index contributed by atoms with van der Waals surface area (Å²) < 4.78 is 20.1. The van der Waals surface area contributed by atoms with Gasteiger partial charge in [-0.15, -0.1) is 0 Å². The number of halogens is 1. The number of hydrogen-bond acceptors (Lipinski definition) is 4. The summed E-state index contributed by atoms with van der Waals surface area (Å²) in [6.07, 6.45) is 0.968.